The highest BCUT2D eigenvalue weighted by Crippen LogP contribution is 2.30. The van der Waals surface area contributed by atoms with Crippen LogP contribution >= 0.6 is 0 Å². The van der Waals surface area contributed by atoms with Gasteiger partial charge in [-0.2, -0.15) is 0 Å². The van der Waals surface area contributed by atoms with Crippen LogP contribution in [0.4, 0.5) is 0 Å². The molecular formula is C18H45N3Si2. The Kier molecular flexibility index (Phi) is 8.73. The van der Waals surface area contributed by atoms with E-state index in [0.717, 1.165) is 6.54 Å². The Morgan fingerprint density at radius 2 is 0.783 bits per heavy atom. The van der Waals surface area contributed by atoms with E-state index >= 15 is 0 Å². The van der Waals surface area contributed by atoms with Crippen molar-refractivity contribution < 1.29 is 0 Å². The van der Waals surface area contributed by atoms with Crippen molar-refractivity contribution in [3.8, 4) is 0 Å². The summed E-state index contributed by atoms with van der Waals surface area (Å²) in [4.78, 5) is 0. The molecule has 0 N–H and O–H groups in total. The van der Waals surface area contributed by atoms with Gasteiger partial charge in [-0.25, -0.2) is 0 Å². The van der Waals surface area contributed by atoms with Crippen LogP contribution in [0, 0.1) is 0 Å². The number of hydrogen-bond donors (Lipinski definition) is 0. The fourth-order valence-electron chi connectivity index (χ4n) is 5.44. The molecule has 0 aliphatic carbocycles. The van der Waals surface area contributed by atoms with Crippen LogP contribution in [0.5, 0.6) is 0 Å². The molecule has 5 heteroatoms. The predicted molar refractivity (Wildman–Crippen MR) is 112 cm³/mol. The van der Waals surface area contributed by atoms with Gasteiger partial charge in [0.1, 0.15) is 0 Å². The van der Waals surface area contributed by atoms with E-state index in [1.54, 1.807) is 0 Å². The monoisotopic (exact) mass is 359 g/mol. The molecule has 0 bridgehead atoms. The van der Waals surface area contributed by atoms with Gasteiger partial charge in [-0.1, -0.05) is 62.3 Å². The molecule has 0 fully saturated rings. The molecule has 23 heavy (non-hydrogen) atoms. The first-order chi connectivity index (χ1) is 10.2. The first kappa shape index (κ1) is 23.3. The quantitative estimate of drug-likeness (QED) is 0.539. The summed E-state index contributed by atoms with van der Waals surface area (Å²) in [5, 5.41) is 0. The molecule has 0 aromatic carbocycles. The molecule has 0 heterocycles. The molecule has 0 saturated heterocycles. The van der Waals surface area contributed by atoms with Crippen LogP contribution in [0.3, 0.4) is 0 Å². The molecule has 0 aromatic heterocycles. The number of rotatable bonds is 9. The largest absolute Gasteiger partial charge is 0.322 e. The van der Waals surface area contributed by atoms with Gasteiger partial charge in [0.25, 0.3) is 0 Å². The van der Waals surface area contributed by atoms with E-state index in [1.807, 2.05) is 0 Å². The lowest BCUT2D eigenvalue weighted by molar-refractivity contribution is 0.246. The maximum Gasteiger partial charge on any atom is 0.195 e. The van der Waals surface area contributed by atoms with Crippen molar-refractivity contribution in [2.75, 3.05) is 6.54 Å². The first-order valence-corrected chi connectivity index (χ1v) is 15.4. The van der Waals surface area contributed by atoms with Gasteiger partial charge in [0.15, 0.2) is 16.8 Å². The second kappa shape index (κ2) is 8.61. The van der Waals surface area contributed by atoms with Gasteiger partial charge in [-0.15, -0.1) is 0 Å². The lowest BCUT2D eigenvalue weighted by Gasteiger charge is -2.58. The normalized spacial score (nSPS) is 14.6. The van der Waals surface area contributed by atoms with Crippen molar-refractivity contribution in [2.24, 2.45) is 0 Å². The molecule has 3 nitrogen and oxygen atoms in total. The zero-order valence-corrected chi connectivity index (χ0v) is 20.4. The van der Waals surface area contributed by atoms with Gasteiger partial charge in [-0.05, 0) is 56.9 Å². The van der Waals surface area contributed by atoms with Crippen molar-refractivity contribution in [3.63, 3.8) is 0 Å². The van der Waals surface area contributed by atoms with Crippen molar-refractivity contribution >= 4 is 16.8 Å². The minimum absolute atomic E-state index is 0.599. The van der Waals surface area contributed by atoms with Crippen LogP contribution in [0.15, 0.2) is 0 Å². The first-order valence-electron chi connectivity index (χ1n) is 9.57. The molecule has 0 saturated carbocycles. The Bertz CT molecular complexity index is 304. The van der Waals surface area contributed by atoms with E-state index in [2.05, 4.69) is 102 Å². The second-order valence-corrected chi connectivity index (χ2v) is 17.5. The van der Waals surface area contributed by atoms with Gasteiger partial charge in [0, 0.05) is 0 Å². The maximum atomic E-state index is 2.94. The summed E-state index contributed by atoms with van der Waals surface area (Å²) in [6.07, 6.45) is 0. The topological polar surface area (TPSA) is 9.72 Å². The van der Waals surface area contributed by atoms with Crippen molar-refractivity contribution in [1.82, 2.24) is 13.4 Å². The van der Waals surface area contributed by atoms with Crippen LogP contribution in [0.1, 0.15) is 62.3 Å². The smallest absolute Gasteiger partial charge is 0.195 e. The molecule has 0 radical (unpaired) electrons. The average Bonchev–Trinajstić information content (AvgIpc) is 2.23. The Morgan fingerprint density at radius 1 is 0.565 bits per heavy atom. The minimum Gasteiger partial charge on any atom is -0.322 e. The zero-order valence-electron chi connectivity index (χ0n) is 18.4. The van der Waals surface area contributed by atoms with Crippen molar-refractivity contribution in [3.05, 3.63) is 0 Å². The van der Waals surface area contributed by atoms with Gasteiger partial charge in [0.05, 0.1) is 0 Å². The highest BCUT2D eigenvalue weighted by atomic mass is 28.4. The van der Waals surface area contributed by atoms with Crippen LogP contribution in [-0.4, -0.2) is 60.9 Å². The van der Waals surface area contributed by atoms with Crippen LogP contribution in [0.25, 0.3) is 0 Å². The molecule has 0 aromatic rings. The van der Waals surface area contributed by atoms with Gasteiger partial charge < -0.3 is 13.4 Å². The van der Waals surface area contributed by atoms with Crippen LogP contribution < -0.4 is 0 Å². The second-order valence-electron chi connectivity index (χ2n) is 8.92. The molecule has 140 valence electrons. The summed E-state index contributed by atoms with van der Waals surface area (Å²) in [5.74, 6) is 0. The molecule has 0 unspecified atom stereocenters. The Morgan fingerprint density at radius 3 is 0.913 bits per heavy atom. The molecule has 0 amide bonds. The van der Waals surface area contributed by atoms with E-state index in [4.69, 9.17) is 0 Å². The maximum absolute atomic E-state index is 2.94. The summed E-state index contributed by atoms with van der Waals surface area (Å²) in [6, 6.07) is 2.40. The fourth-order valence-corrected chi connectivity index (χ4v) is 18.7. The van der Waals surface area contributed by atoms with Crippen LogP contribution in [-0.2, 0) is 0 Å². The third kappa shape index (κ3) is 5.14. The predicted octanol–water partition coefficient (Wildman–Crippen LogP) is 4.95. The Hall–Kier alpha value is 0.314. The van der Waals surface area contributed by atoms with Crippen LogP contribution in [0.2, 0.25) is 26.2 Å². The third-order valence-corrected chi connectivity index (χ3v) is 16.3. The van der Waals surface area contributed by atoms with E-state index in [-0.39, 0.29) is 0 Å². The molecule has 0 rings (SSSR count). The third-order valence-electron chi connectivity index (χ3n) is 5.13. The van der Waals surface area contributed by atoms with Gasteiger partial charge in [0.2, 0.25) is 0 Å². The van der Waals surface area contributed by atoms with Crippen molar-refractivity contribution in [1.29, 1.82) is 0 Å². The van der Waals surface area contributed by atoms with Gasteiger partial charge in [-0.3, -0.25) is 0 Å². The van der Waals surface area contributed by atoms with E-state index in [1.165, 1.54) is 0 Å². The summed E-state index contributed by atoms with van der Waals surface area (Å²) in [6.45, 7) is 32.6. The lowest BCUT2D eigenvalue weighted by Crippen LogP contribution is -2.77. The minimum atomic E-state index is -1.69. The molecular weight excluding hydrogens is 314 g/mol. The molecule has 0 spiro atoms. The van der Waals surface area contributed by atoms with Crippen molar-refractivity contribution in [2.45, 2.75) is 113 Å². The van der Waals surface area contributed by atoms with E-state index in [0.29, 0.717) is 24.2 Å². The molecule has 0 atom stereocenters. The average molecular weight is 360 g/mol. The summed E-state index contributed by atoms with van der Waals surface area (Å²) < 4.78 is 8.56. The molecule has 0 aliphatic heterocycles. The van der Waals surface area contributed by atoms with Gasteiger partial charge >= 0.3 is 0 Å². The summed E-state index contributed by atoms with van der Waals surface area (Å²) >= 11 is 0. The Balaban J connectivity index is 5.95. The highest BCUT2D eigenvalue weighted by molar-refractivity contribution is 6.88. The number of nitrogens with zero attached hydrogens (tertiary/aromatic N) is 3. The Labute approximate surface area is 149 Å². The summed E-state index contributed by atoms with van der Waals surface area (Å²) in [7, 11) is -3.38. The molecule has 0 aliphatic rings. The SMILES string of the molecule is CCN([Si](C)(C)N(C(C)C)C(C)C)[Si](C)(C)N(C(C)C)C(C)C. The highest BCUT2D eigenvalue weighted by Gasteiger charge is 2.49. The lowest BCUT2D eigenvalue weighted by atomic mass is 10.3. The zero-order chi connectivity index (χ0) is 18.7. The number of hydrogen-bond acceptors (Lipinski definition) is 3. The summed E-state index contributed by atoms with van der Waals surface area (Å²) in [5.41, 5.74) is 0. The van der Waals surface area contributed by atoms with E-state index in [9.17, 15) is 0 Å². The standard InChI is InChI=1S/C18H45N3Si2/c1-14-19(22(10,11)20(15(2)3)16(4)5)23(12,13)21(17(6)7)18(8)9/h15-18H,14H2,1-13H3. The van der Waals surface area contributed by atoms with E-state index < -0.39 is 16.8 Å². The fraction of sp³-hybridized carbons (Fsp3) is 1.00.